The van der Waals surface area contributed by atoms with Crippen molar-refractivity contribution in [2.24, 2.45) is 5.73 Å². The van der Waals surface area contributed by atoms with E-state index in [2.05, 4.69) is 29.6 Å². The smallest absolute Gasteiger partial charge is 0.410 e. The van der Waals surface area contributed by atoms with Gasteiger partial charge in [0.05, 0.1) is 25.4 Å². The third kappa shape index (κ3) is 9.68. The lowest BCUT2D eigenvalue weighted by Gasteiger charge is -2.40. The molecule has 2 aromatic rings. The van der Waals surface area contributed by atoms with Crippen LogP contribution >= 0.6 is 0 Å². The minimum Gasteiger partial charge on any atom is -0.494 e. The van der Waals surface area contributed by atoms with Crippen molar-refractivity contribution < 1.29 is 28.5 Å². The van der Waals surface area contributed by atoms with Crippen molar-refractivity contribution in [3.63, 3.8) is 0 Å². The molecule has 2 amide bonds. The Kier molecular flexibility index (Phi) is 11.8. The van der Waals surface area contributed by atoms with Crippen LogP contribution in [-0.2, 0) is 25.4 Å². The van der Waals surface area contributed by atoms with Crippen LogP contribution in [-0.4, -0.2) is 68.6 Å². The van der Waals surface area contributed by atoms with Crippen molar-refractivity contribution in [2.45, 2.75) is 89.4 Å². The first-order valence-electron chi connectivity index (χ1n) is 15.6. The van der Waals surface area contributed by atoms with Gasteiger partial charge in [-0.15, -0.1) is 0 Å². The zero-order chi connectivity index (χ0) is 30.8. The number of nitrogens with two attached hydrogens (primary N) is 1. The summed E-state index contributed by atoms with van der Waals surface area (Å²) in [6.07, 6.45) is 4.56. The van der Waals surface area contributed by atoms with E-state index in [1.807, 2.05) is 39.0 Å². The first-order valence-corrected chi connectivity index (χ1v) is 15.6. The average Bonchev–Trinajstić information content (AvgIpc) is 2.98. The fraction of sp³-hybridized carbons (Fsp3) is 0.588. The quantitative estimate of drug-likeness (QED) is 0.275. The number of piperidine rings is 1. The van der Waals surface area contributed by atoms with Gasteiger partial charge in [0.2, 0.25) is 5.91 Å². The van der Waals surface area contributed by atoms with E-state index in [1.165, 1.54) is 0 Å². The minimum absolute atomic E-state index is 0.0358. The highest BCUT2D eigenvalue weighted by Crippen LogP contribution is 2.37. The van der Waals surface area contributed by atoms with Gasteiger partial charge >= 0.3 is 6.09 Å². The number of likely N-dealkylation sites (tertiary alicyclic amines) is 1. The second-order valence-corrected chi connectivity index (χ2v) is 12.5. The highest BCUT2D eigenvalue weighted by atomic mass is 16.6. The number of hydrogen-bond acceptors (Lipinski definition) is 7. The van der Waals surface area contributed by atoms with Crippen LogP contribution in [0.4, 0.5) is 10.5 Å². The highest BCUT2D eigenvalue weighted by molar-refractivity contribution is 5.94. The van der Waals surface area contributed by atoms with E-state index in [1.54, 1.807) is 12.0 Å². The van der Waals surface area contributed by atoms with E-state index >= 15 is 0 Å². The molecule has 1 saturated heterocycles. The van der Waals surface area contributed by atoms with Crippen LogP contribution in [0.5, 0.6) is 5.75 Å². The summed E-state index contributed by atoms with van der Waals surface area (Å²) in [6, 6.07) is 14.5. The van der Waals surface area contributed by atoms with Crippen LogP contribution < -0.4 is 15.8 Å². The number of benzene rings is 2. The van der Waals surface area contributed by atoms with Gasteiger partial charge in [-0.1, -0.05) is 24.3 Å². The Morgan fingerprint density at radius 1 is 1.07 bits per heavy atom. The summed E-state index contributed by atoms with van der Waals surface area (Å²) in [5.41, 5.74) is 9.16. The summed E-state index contributed by atoms with van der Waals surface area (Å²) in [5.74, 6) is 0.943. The molecule has 3 unspecified atom stereocenters. The van der Waals surface area contributed by atoms with Gasteiger partial charge in [-0.05, 0) is 101 Å². The molecule has 0 radical (unpaired) electrons. The van der Waals surface area contributed by atoms with Crippen LogP contribution in [0.25, 0.3) is 0 Å². The van der Waals surface area contributed by atoms with Gasteiger partial charge in [-0.2, -0.15) is 0 Å². The molecule has 43 heavy (non-hydrogen) atoms. The lowest BCUT2D eigenvalue weighted by Crippen LogP contribution is -2.48. The Labute approximate surface area is 256 Å². The Bertz CT molecular complexity index is 1200. The van der Waals surface area contributed by atoms with Gasteiger partial charge in [0.15, 0.2) is 0 Å². The van der Waals surface area contributed by atoms with Crippen molar-refractivity contribution in [3.05, 3.63) is 59.2 Å². The Hall–Kier alpha value is -3.14. The number of nitrogens with zero attached hydrogens (tertiary/aromatic N) is 1. The number of rotatable bonds is 13. The van der Waals surface area contributed by atoms with E-state index in [-0.39, 0.29) is 30.1 Å². The van der Waals surface area contributed by atoms with E-state index in [0.29, 0.717) is 39.3 Å². The van der Waals surface area contributed by atoms with Gasteiger partial charge in [0, 0.05) is 38.3 Å². The predicted molar refractivity (Wildman–Crippen MR) is 168 cm³/mol. The first kappa shape index (κ1) is 32.8. The summed E-state index contributed by atoms with van der Waals surface area (Å²) in [7, 11) is 1.70. The number of nitrogens with one attached hydrogen (secondary N) is 1. The molecule has 0 aromatic heterocycles. The van der Waals surface area contributed by atoms with E-state index in [4.69, 9.17) is 24.7 Å². The van der Waals surface area contributed by atoms with Gasteiger partial charge in [0.1, 0.15) is 11.4 Å². The number of aryl methyl sites for hydroxylation is 1. The number of carbonyl (C=O) groups excluding carboxylic acids is 2. The van der Waals surface area contributed by atoms with E-state index in [9.17, 15) is 9.59 Å². The maximum Gasteiger partial charge on any atom is 0.410 e. The van der Waals surface area contributed by atoms with Crippen LogP contribution in [0.3, 0.4) is 0 Å². The molecule has 2 heterocycles. The molecule has 0 aliphatic carbocycles. The molecule has 2 aliphatic heterocycles. The number of amides is 2. The van der Waals surface area contributed by atoms with Crippen LogP contribution in [0.15, 0.2) is 42.5 Å². The third-order valence-corrected chi connectivity index (χ3v) is 7.94. The fourth-order valence-electron chi connectivity index (χ4n) is 5.70. The Morgan fingerprint density at radius 2 is 1.86 bits per heavy atom. The zero-order valence-corrected chi connectivity index (χ0v) is 26.2. The maximum atomic E-state index is 13.1. The second-order valence-electron chi connectivity index (χ2n) is 12.5. The van der Waals surface area contributed by atoms with Crippen molar-refractivity contribution in [3.8, 4) is 5.75 Å². The molecule has 3 N–H and O–H groups in total. The summed E-state index contributed by atoms with van der Waals surface area (Å²) >= 11 is 0. The zero-order valence-electron chi connectivity index (χ0n) is 26.2. The average molecular weight is 596 g/mol. The lowest BCUT2D eigenvalue weighted by molar-refractivity contribution is -0.116. The number of fused-ring (bicyclic) bond motifs is 1. The Morgan fingerprint density at radius 3 is 2.58 bits per heavy atom. The number of anilines is 1. The molecule has 3 atom stereocenters. The molecule has 4 rings (SSSR count). The molecule has 0 bridgehead atoms. The molecule has 9 nitrogen and oxygen atoms in total. The molecule has 236 valence electrons. The third-order valence-electron chi connectivity index (χ3n) is 7.94. The number of unbranched alkanes of at least 4 members (excludes halogenated alkanes) is 1. The van der Waals surface area contributed by atoms with Crippen molar-refractivity contribution in [1.29, 1.82) is 0 Å². The molecular formula is C34H49N3O6. The fourth-order valence-corrected chi connectivity index (χ4v) is 5.70. The summed E-state index contributed by atoms with van der Waals surface area (Å²) in [5, 5.41) is 3.02. The van der Waals surface area contributed by atoms with Gasteiger partial charge < -0.3 is 34.9 Å². The normalized spacial score (nSPS) is 19.4. The van der Waals surface area contributed by atoms with Crippen molar-refractivity contribution in [2.75, 3.05) is 45.3 Å². The molecule has 1 fully saturated rings. The van der Waals surface area contributed by atoms with Gasteiger partial charge in [-0.25, -0.2) is 4.79 Å². The van der Waals surface area contributed by atoms with Crippen molar-refractivity contribution >= 4 is 17.7 Å². The second kappa shape index (κ2) is 15.5. The number of hydrogen-bond donors (Lipinski definition) is 2. The van der Waals surface area contributed by atoms with Crippen molar-refractivity contribution in [1.82, 2.24) is 4.90 Å². The van der Waals surface area contributed by atoms with Crippen LogP contribution in [0.2, 0.25) is 0 Å². The molecule has 2 aromatic carbocycles. The summed E-state index contributed by atoms with van der Waals surface area (Å²) < 4.78 is 24.0. The highest BCUT2D eigenvalue weighted by Gasteiger charge is 2.37. The van der Waals surface area contributed by atoms with Gasteiger partial charge in [-0.3, -0.25) is 4.79 Å². The molecule has 0 spiro atoms. The van der Waals surface area contributed by atoms with Crippen LogP contribution in [0, 0.1) is 0 Å². The summed E-state index contributed by atoms with van der Waals surface area (Å²) in [6.45, 7) is 8.56. The number of methoxy groups -OCH3 is 1. The SMILES string of the molecule is COCCCC(OC1CN(C(=O)OC(C)(C)C)CCC1c1ccc(OCCCCN)cc1)c1ccc2c(c1)NC(=O)CC2. The van der Waals surface area contributed by atoms with Gasteiger partial charge in [0.25, 0.3) is 0 Å². The van der Waals surface area contributed by atoms with E-state index in [0.717, 1.165) is 66.7 Å². The molecule has 9 heteroatoms. The topological polar surface area (TPSA) is 112 Å². The maximum absolute atomic E-state index is 13.1. The largest absolute Gasteiger partial charge is 0.494 e. The number of carbonyl (C=O) groups is 2. The molecule has 0 saturated carbocycles. The van der Waals surface area contributed by atoms with E-state index < -0.39 is 5.60 Å². The lowest BCUT2D eigenvalue weighted by atomic mass is 9.86. The van der Waals surface area contributed by atoms with Crippen LogP contribution in [0.1, 0.15) is 88.0 Å². The monoisotopic (exact) mass is 595 g/mol. The predicted octanol–water partition coefficient (Wildman–Crippen LogP) is 5.97. The summed E-state index contributed by atoms with van der Waals surface area (Å²) in [4.78, 5) is 27.0. The minimum atomic E-state index is -0.583. The Balaban J connectivity index is 1.58. The first-order chi connectivity index (χ1) is 20.7. The number of ether oxygens (including phenoxy) is 4. The molecular weight excluding hydrogens is 546 g/mol. The standard InChI is InChI=1S/C34H49N3O6/c1-34(2,3)43-33(39)37-19-17-28(24-11-14-27(15-12-24)41-21-6-5-18-35)31(23-37)42-30(8-7-20-40-4)26-10-9-25-13-16-32(38)36-29(25)22-26/h9-12,14-15,22,28,30-31H,5-8,13,16-21,23,35H2,1-4H3,(H,36,38). The molecule has 2 aliphatic rings.